The molecule has 0 N–H and O–H groups in total. The lowest BCUT2D eigenvalue weighted by atomic mass is 10.3. The van der Waals surface area contributed by atoms with Gasteiger partial charge in [-0.25, -0.2) is 8.42 Å². The third kappa shape index (κ3) is 2.56. The molecule has 0 bridgehead atoms. The van der Waals surface area contributed by atoms with Crippen LogP contribution in [0.2, 0.25) is 0 Å². The Hall–Kier alpha value is -0.780. The Morgan fingerprint density at radius 1 is 1.35 bits per heavy atom. The maximum Gasteiger partial charge on any atom is 0.243 e. The molecule has 94 valence electrons. The van der Waals surface area contributed by atoms with E-state index >= 15 is 0 Å². The molecule has 17 heavy (non-hydrogen) atoms. The second kappa shape index (κ2) is 4.84. The van der Waals surface area contributed by atoms with Gasteiger partial charge < -0.3 is 4.74 Å². The summed E-state index contributed by atoms with van der Waals surface area (Å²) in [6, 6.07) is 6.38. The molecule has 1 aromatic carbocycles. The number of nitrogens with zero attached hydrogens (tertiary/aromatic N) is 1. The highest BCUT2D eigenvalue weighted by Crippen LogP contribution is 2.24. The van der Waals surface area contributed by atoms with Crippen LogP contribution in [0.15, 0.2) is 29.2 Å². The fraction of sp³-hybridized carbons (Fsp3) is 0.455. The van der Waals surface area contributed by atoms with Gasteiger partial charge in [-0.15, -0.1) is 11.6 Å². The van der Waals surface area contributed by atoms with Crippen molar-refractivity contribution in [3.63, 3.8) is 0 Å². The summed E-state index contributed by atoms with van der Waals surface area (Å²) < 4.78 is 30.8. The standard InChI is InChI=1S/C11H14ClNO3S/c1-16-10-2-4-11(5-3-10)17(14,15)13-7-6-9(12)8-13/h2-5,9H,6-8H2,1H3. The van der Waals surface area contributed by atoms with Gasteiger partial charge in [0, 0.05) is 18.5 Å². The molecule has 1 saturated heterocycles. The van der Waals surface area contributed by atoms with Crippen molar-refractivity contribution in [2.45, 2.75) is 16.7 Å². The molecule has 1 aromatic rings. The van der Waals surface area contributed by atoms with Gasteiger partial charge in [0.25, 0.3) is 0 Å². The second-order valence-electron chi connectivity index (χ2n) is 3.92. The quantitative estimate of drug-likeness (QED) is 0.789. The van der Waals surface area contributed by atoms with Gasteiger partial charge >= 0.3 is 0 Å². The molecule has 0 amide bonds. The lowest BCUT2D eigenvalue weighted by Crippen LogP contribution is -2.28. The van der Waals surface area contributed by atoms with Gasteiger partial charge in [-0.3, -0.25) is 0 Å². The average molecular weight is 276 g/mol. The summed E-state index contributed by atoms with van der Waals surface area (Å²) in [5.41, 5.74) is 0. The molecule has 4 nitrogen and oxygen atoms in total. The molecule has 1 atom stereocenters. The van der Waals surface area contributed by atoms with Gasteiger partial charge in [0.15, 0.2) is 0 Å². The van der Waals surface area contributed by atoms with Gasteiger partial charge in [0.2, 0.25) is 10.0 Å². The highest BCUT2D eigenvalue weighted by molar-refractivity contribution is 7.89. The Balaban J connectivity index is 2.25. The van der Waals surface area contributed by atoms with Crippen molar-refractivity contribution < 1.29 is 13.2 Å². The van der Waals surface area contributed by atoms with Crippen molar-refractivity contribution in [2.75, 3.05) is 20.2 Å². The molecule has 2 rings (SSSR count). The van der Waals surface area contributed by atoms with E-state index in [9.17, 15) is 8.42 Å². The predicted octanol–water partition coefficient (Wildman–Crippen LogP) is 1.70. The minimum atomic E-state index is -3.40. The lowest BCUT2D eigenvalue weighted by Gasteiger charge is -2.15. The minimum absolute atomic E-state index is 0.0805. The van der Waals surface area contributed by atoms with Gasteiger partial charge in [-0.2, -0.15) is 4.31 Å². The van der Waals surface area contributed by atoms with E-state index in [4.69, 9.17) is 16.3 Å². The van der Waals surface area contributed by atoms with Crippen molar-refractivity contribution >= 4 is 21.6 Å². The second-order valence-corrected chi connectivity index (χ2v) is 6.48. The third-order valence-electron chi connectivity index (χ3n) is 2.79. The Morgan fingerprint density at radius 3 is 2.47 bits per heavy atom. The van der Waals surface area contributed by atoms with Crippen LogP contribution in [0.1, 0.15) is 6.42 Å². The zero-order valence-corrected chi connectivity index (χ0v) is 11.0. The van der Waals surface area contributed by atoms with Crippen molar-refractivity contribution in [3.05, 3.63) is 24.3 Å². The molecule has 1 aliphatic rings. The van der Waals surface area contributed by atoms with Crippen LogP contribution in [0.25, 0.3) is 0 Å². The first-order valence-corrected chi connectivity index (χ1v) is 7.20. The van der Waals surface area contributed by atoms with E-state index in [1.54, 1.807) is 31.4 Å². The summed E-state index contributed by atoms with van der Waals surface area (Å²) in [6.07, 6.45) is 0.705. The van der Waals surface area contributed by atoms with Gasteiger partial charge in [-0.05, 0) is 30.7 Å². The normalized spacial score (nSPS) is 21.6. The summed E-state index contributed by atoms with van der Waals surface area (Å²) in [5.74, 6) is 0.639. The van der Waals surface area contributed by atoms with Crippen LogP contribution in [0.5, 0.6) is 5.75 Å². The van der Waals surface area contributed by atoms with E-state index in [0.29, 0.717) is 25.3 Å². The van der Waals surface area contributed by atoms with Crippen LogP contribution in [0.3, 0.4) is 0 Å². The number of rotatable bonds is 3. The molecule has 0 spiro atoms. The molecule has 6 heteroatoms. The number of benzene rings is 1. The van der Waals surface area contributed by atoms with Gasteiger partial charge in [0.1, 0.15) is 5.75 Å². The summed E-state index contributed by atoms with van der Waals surface area (Å²) in [5, 5.41) is -0.0805. The fourth-order valence-corrected chi connectivity index (χ4v) is 3.65. The highest BCUT2D eigenvalue weighted by Gasteiger charge is 2.31. The molecule has 0 radical (unpaired) electrons. The average Bonchev–Trinajstić information content (AvgIpc) is 2.77. The molecule has 0 aromatic heterocycles. The van der Waals surface area contributed by atoms with Gasteiger partial charge in [-0.1, -0.05) is 0 Å². The summed E-state index contributed by atoms with van der Waals surface area (Å²) >= 11 is 5.92. The van der Waals surface area contributed by atoms with Crippen molar-refractivity contribution in [3.8, 4) is 5.75 Å². The highest BCUT2D eigenvalue weighted by atomic mass is 35.5. The number of hydrogen-bond acceptors (Lipinski definition) is 3. The van der Waals surface area contributed by atoms with Crippen LogP contribution < -0.4 is 4.74 Å². The Morgan fingerprint density at radius 2 is 2.00 bits per heavy atom. The molecular formula is C11H14ClNO3S. The SMILES string of the molecule is COc1ccc(S(=O)(=O)N2CCC(Cl)C2)cc1. The van der Waals surface area contributed by atoms with Crippen LogP contribution >= 0.6 is 11.6 Å². The van der Waals surface area contributed by atoms with Crippen LogP contribution in [0, 0.1) is 0 Å². The fourth-order valence-electron chi connectivity index (χ4n) is 1.80. The third-order valence-corrected chi connectivity index (χ3v) is 5.03. The first-order valence-electron chi connectivity index (χ1n) is 5.32. The predicted molar refractivity (Wildman–Crippen MR) is 66.0 cm³/mol. The van der Waals surface area contributed by atoms with E-state index in [2.05, 4.69) is 0 Å². The summed E-state index contributed by atoms with van der Waals surface area (Å²) in [4.78, 5) is 0.282. The Labute approximate surface area is 106 Å². The van der Waals surface area contributed by atoms with E-state index in [0.717, 1.165) is 0 Å². The zero-order chi connectivity index (χ0) is 12.5. The number of halogens is 1. The summed E-state index contributed by atoms with van der Waals surface area (Å²) in [7, 11) is -1.86. The molecular weight excluding hydrogens is 262 g/mol. The first-order chi connectivity index (χ1) is 8.04. The lowest BCUT2D eigenvalue weighted by molar-refractivity contribution is 0.414. The van der Waals surface area contributed by atoms with Crippen molar-refractivity contribution in [2.24, 2.45) is 0 Å². The molecule has 1 aliphatic heterocycles. The number of alkyl halides is 1. The van der Waals surface area contributed by atoms with E-state index in [1.807, 2.05) is 0 Å². The maximum absolute atomic E-state index is 12.2. The molecule has 1 fully saturated rings. The van der Waals surface area contributed by atoms with Crippen LogP contribution in [-0.4, -0.2) is 38.3 Å². The van der Waals surface area contributed by atoms with Crippen LogP contribution in [0.4, 0.5) is 0 Å². The van der Waals surface area contributed by atoms with Crippen LogP contribution in [-0.2, 0) is 10.0 Å². The van der Waals surface area contributed by atoms with E-state index in [1.165, 1.54) is 4.31 Å². The van der Waals surface area contributed by atoms with Crippen molar-refractivity contribution in [1.82, 2.24) is 4.31 Å². The monoisotopic (exact) mass is 275 g/mol. The number of hydrogen-bond donors (Lipinski definition) is 0. The largest absolute Gasteiger partial charge is 0.497 e. The molecule has 1 unspecified atom stereocenters. The molecule has 1 heterocycles. The Bertz CT molecular complexity index is 486. The molecule has 0 aliphatic carbocycles. The van der Waals surface area contributed by atoms with Gasteiger partial charge in [0.05, 0.1) is 12.0 Å². The zero-order valence-electron chi connectivity index (χ0n) is 9.47. The number of ether oxygens (including phenoxy) is 1. The van der Waals surface area contributed by atoms with E-state index < -0.39 is 10.0 Å². The molecule has 0 saturated carbocycles. The topological polar surface area (TPSA) is 46.6 Å². The Kier molecular flexibility index (Phi) is 3.61. The maximum atomic E-state index is 12.2. The smallest absolute Gasteiger partial charge is 0.243 e. The van der Waals surface area contributed by atoms with E-state index in [-0.39, 0.29) is 10.3 Å². The number of sulfonamides is 1. The summed E-state index contributed by atoms with van der Waals surface area (Å²) in [6.45, 7) is 0.873. The van der Waals surface area contributed by atoms with Crippen molar-refractivity contribution in [1.29, 1.82) is 0 Å². The minimum Gasteiger partial charge on any atom is -0.497 e. The first kappa shape index (κ1) is 12.7. The number of methoxy groups -OCH3 is 1.